The van der Waals surface area contributed by atoms with Crippen LogP contribution in [0.5, 0.6) is 0 Å². The summed E-state index contributed by atoms with van der Waals surface area (Å²) >= 11 is 0. The van der Waals surface area contributed by atoms with Gasteiger partial charge in [-0.3, -0.25) is 9.59 Å². The number of amides is 1. The van der Waals surface area contributed by atoms with Crippen LogP contribution in [0.1, 0.15) is 77.6 Å². The Morgan fingerprint density at radius 1 is 0.514 bits per heavy atom. The number of ether oxygens (including phenoxy) is 6. The van der Waals surface area contributed by atoms with Crippen molar-refractivity contribution >= 4 is 11.9 Å². The first-order valence-corrected chi connectivity index (χ1v) is 14.1. The molecule has 0 aromatic carbocycles. The molecule has 1 amide bonds. The predicted molar refractivity (Wildman–Crippen MR) is 142 cm³/mol. The zero-order valence-corrected chi connectivity index (χ0v) is 23.2. The molecule has 0 aliphatic heterocycles. The molecule has 2 N–H and O–H groups in total. The molecule has 220 valence electrons. The standard InChI is InChI=1S/C27H53NO9/c1-2-3-4-5-6-7-8-9-14-32-16-18-34-20-22-36-24-25-37-23-21-35-19-17-33-15-10-13-28-26(29)11-12-27(30)31/h2-25H2,1H3,(H,28,29)(H,30,31). The minimum Gasteiger partial charge on any atom is -0.481 e. The number of nitrogens with one attached hydrogen (secondary N) is 1. The maximum absolute atomic E-state index is 11.3. The summed E-state index contributed by atoms with van der Waals surface area (Å²) in [6.45, 7) is 9.36. The summed E-state index contributed by atoms with van der Waals surface area (Å²) in [7, 11) is 0. The highest BCUT2D eigenvalue weighted by molar-refractivity contribution is 5.80. The van der Waals surface area contributed by atoms with E-state index in [0.717, 1.165) is 13.0 Å². The summed E-state index contributed by atoms with van der Waals surface area (Å²) < 4.78 is 32.8. The van der Waals surface area contributed by atoms with Crippen LogP contribution in [0.15, 0.2) is 0 Å². The van der Waals surface area contributed by atoms with E-state index in [2.05, 4.69) is 12.2 Å². The summed E-state index contributed by atoms with van der Waals surface area (Å²) in [5, 5.41) is 11.2. The number of carbonyl (C=O) groups is 2. The second-order valence-electron chi connectivity index (χ2n) is 8.75. The average Bonchev–Trinajstić information content (AvgIpc) is 2.89. The highest BCUT2D eigenvalue weighted by atomic mass is 16.6. The third kappa shape index (κ3) is 32.7. The summed E-state index contributed by atoms with van der Waals surface area (Å²) in [5.41, 5.74) is 0. The van der Waals surface area contributed by atoms with Gasteiger partial charge >= 0.3 is 5.97 Å². The molecule has 0 atom stereocenters. The Kier molecular flexibility index (Phi) is 29.8. The van der Waals surface area contributed by atoms with E-state index in [9.17, 15) is 9.59 Å². The van der Waals surface area contributed by atoms with E-state index in [1.54, 1.807) is 0 Å². The molecule has 0 bridgehead atoms. The lowest BCUT2D eigenvalue weighted by Crippen LogP contribution is -2.25. The molecule has 0 rings (SSSR count). The van der Waals surface area contributed by atoms with Gasteiger partial charge in [-0.05, 0) is 12.8 Å². The van der Waals surface area contributed by atoms with Crippen LogP contribution in [0.25, 0.3) is 0 Å². The molecule has 0 fully saturated rings. The maximum Gasteiger partial charge on any atom is 0.303 e. The number of hydrogen-bond acceptors (Lipinski definition) is 8. The third-order valence-electron chi connectivity index (χ3n) is 5.36. The fraction of sp³-hybridized carbons (Fsp3) is 0.926. The topological polar surface area (TPSA) is 122 Å². The van der Waals surface area contributed by atoms with E-state index >= 15 is 0 Å². The lowest BCUT2D eigenvalue weighted by Gasteiger charge is -2.08. The van der Waals surface area contributed by atoms with E-state index in [1.807, 2.05) is 0 Å². The van der Waals surface area contributed by atoms with Crippen molar-refractivity contribution in [2.24, 2.45) is 0 Å². The summed E-state index contributed by atoms with van der Waals surface area (Å²) in [4.78, 5) is 21.7. The lowest BCUT2D eigenvalue weighted by molar-refractivity contribution is -0.138. The maximum atomic E-state index is 11.3. The van der Waals surface area contributed by atoms with Crippen molar-refractivity contribution in [1.82, 2.24) is 5.32 Å². The second kappa shape index (κ2) is 30.9. The van der Waals surface area contributed by atoms with Gasteiger partial charge in [-0.2, -0.15) is 0 Å². The van der Waals surface area contributed by atoms with Gasteiger partial charge in [-0.25, -0.2) is 0 Å². The first-order valence-electron chi connectivity index (χ1n) is 14.1. The molecule has 10 heteroatoms. The molecular weight excluding hydrogens is 482 g/mol. The molecule has 0 spiro atoms. The Hall–Kier alpha value is -1.30. The van der Waals surface area contributed by atoms with Crippen molar-refractivity contribution in [3.05, 3.63) is 0 Å². The molecule has 0 unspecified atom stereocenters. The van der Waals surface area contributed by atoms with Crippen molar-refractivity contribution < 1.29 is 43.1 Å². The molecule has 0 aliphatic rings. The van der Waals surface area contributed by atoms with Crippen LogP contribution in [0, 0.1) is 0 Å². The third-order valence-corrected chi connectivity index (χ3v) is 5.36. The van der Waals surface area contributed by atoms with Crippen molar-refractivity contribution in [1.29, 1.82) is 0 Å². The molecule has 37 heavy (non-hydrogen) atoms. The van der Waals surface area contributed by atoms with E-state index in [-0.39, 0.29) is 18.7 Å². The Bertz CT molecular complexity index is 494. The van der Waals surface area contributed by atoms with Gasteiger partial charge < -0.3 is 38.8 Å². The number of carbonyl (C=O) groups excluding carboxylic acids is 1. The number of hydrogen-bond donors (Lipinski definition) is 2. The number of carboxylic acid groups (broad SMARTS) is 1. The van der Waals surface area contributed by atoms with E-state index in [4.69, 9.17) is 33.5 Å². The highest BCUT2D eigenvalue weighted by Crippen LogP contribution is 2.08. The smallest absolute Gasteiger partial charge is 0.303 e. The SMILES string of the molecule is CCCCCCCCCCOCCOCCOCCOCCOCCOCCCNC(=O)CCC(=O)O. The number of aliphatic carboxylic acids is 1. The van der Waals surface area contributed by atoms with Crippen LogP contribution >= 0.6 is 0 Å². The molecule has 0 aromatic rings. The highest BCUT2D eigenvalue weighted by Gasteiger charge is 2.04. The zero-order valence-electron chi connectivity index (χ0n) is 23.2. The van der Waals surface area contributed by atoms with Crippen molar-refractivity contribution in [3.8, 4) is 0 Å². The molecule has 0 heterocycles. The molecule has 10 nitrogen and oxygen atoms in total. The minimum absolute atomic E-state index is 0.00197. The fourth-order valence-corrected chi connectivity index (χ4v) is 3.25. The van der Waals surface area contributed by atoms with Gasteiger partial charge in [0.25, 0.3) is 0 Å². The van der Waals surface area contributed by atoms with Crippen LogP contribution in [-0.4, -0.2) is 103 Å². The predicted octanol–water partition coefficient (Wildman–Crippen LogP) is 3.60. The lowest BCUT2D eigenvalue weighted by atomic mass is 10.1. The summed E-state index contributed by atoms with van der Waals surface area (Å²) in [6, 6.07) is 0. The Labute approximate surface area is 224 Å². The van der Waals surface area contributed by atoms with Gasteiger partial charge in [-0.1, -0.05) is 51.9 Å². The van der Waals surface area contributed by atoms with Gasteiger partial charge in [0.2, 0.25) is 5.91 Å². The van der Waals surface area contributed by atoms with Gasteiger partial charge in [0.15, 0.2) is 0 Å². The van der Waals surface area contributed by atoms with Crippen LogP contribution in [0.4, 0.5) is 0 Å². The number of rotatable bonds is 31. The van der Waals surface area contributed by atoms with Gasteiger partial charge in [-0.15, -0.1) is 0 Å². The number of unbranched alkanes of at least 4 members (excludes halogenated alkanes) is 7. The normalized spacial score (nSPS) is 11.2. The van der Waals surface area contributed by atoms with E-state index in [0.29, 0.717) is 85.6 Å². The molecule has 0 radical (unpaired) electrons. The van der Waals surface area contributed by atoms with Gasteiger partial charge in [0, 0.05) is 26.2 Å². The molecule has 0 aliphatic carbocycles. The quantitative estimate of drug-likeness (QED) is 0.128. The monoisotopic (exact) mass is 535 g/mol. The Morgan fingerprint density at radius 2 is 0.892 bits per heavy atom. The van der Waals surface area contributed by atoms with Crippen LogP contribution in [0.3, 0.4) is 0 Å². The summed E-state index contributed by atoms with van der Waals surface area (Å²) in [6.07, 6.45) is 11.0. The van der Waals surface area contributed by atoms with Gasteiger partial charge in [0.05, 0.1) is 72.5 Å². The van der Waals surface area contributed by atoms with Gasteiger partial charge in [0.1, 0.15) is 0 Å². The van der Waals surface area contributed by atoms with E-state index < -0.39 is 5.97 Å². The Balaban J connectivity index is 3.07. The molecule has 0 aromatic heterocycles. The zero-order chi connectivity index (χ0) is 27.1. The van der Waals surface area contributed by atoms with Crippen molar-refractivity contribution in [2.75, 3.05) is 85.8 Å². The molecule has 0 saturated carbocycles. The second-order valence-corrected chi connectivity index (χ2v) is 8.75. The summed E-state index contributed by atoms with van der Waals surface area (Å²) in [5.74, 6) is -1.23. The fourth-order valence-electron chi connectivity index (χ4n) is 3.25. The van der Waals surface area contributed by atoms with Crippen molar-refractivity contribution in [3.63, 3.8) is 0 Å². The van der Waals surface area contributed by atoms with Crippen molar-refractivity contribution in [2.45, 2.75) is 77.6 Å². The number of carboxylic acids is 1. The molecule has 0 saturated heterocycles. The molecular formula is C27H53NO9. The largest absolute Gasteiger partial charge is 0.481 e. The Morgan fingerprint density at radius 3 is 1.32 bits per heavy atom. The van der Waals surface area contributed by atoms with Crippen LogP contribution in [-0.2, 0) is 38.0 Å². The minimum atomic E-state index is -0.973. The van der Waals surface area contributed by atoms with Crippen LogP contribution < -0.4 is 5.32 Å². The van der Waals surface area contributed by atoms with Crippen LogP contribution in [0.2, 0.25) is 0 Å². The average molecular weight is 536 g/mol. The van der Waals surface area contributed by atoms with E-state index in [1.165, 1.54) is 44.9 Å². The first kappa shape index (κ1) is 35.7. The first-order chi connectivity index (χ1) is 18.2.